The largest absolute Gasteiger partial charge is 0.445 e. The highest BCUT2D eigenvalue weighted by atomic mass is 16.5. The van der Waals surface area contributed by atoms with Gasteiger partial charge in [-0.1, -0.05) is 30.3 Å². The van der Waals surface area contributed by atoms with Gasteiger partial charge in [-0.3, -0.25) is 10.2 Å². The molecule has 0 radical (unpaired) electrons. The zero-order chi connectivity index (χ0) is 13.4. The van der Waals surface area contributed by atoms with E-state index in [2.05, 4.69) is 5.32 Å². The molecule has 1 unspecified atom stereocenters. The first kappa shape index (κ1) is 13.9. The number of nitrogens with one attached hydrogen (secondary N) is 2. The van der Waals surface area contributed by atoms with E-state index in [1.54, 1.807) is 12.1 Å². The molecule has 0 heterocycles. The van der Waals surface area contributed by atoms with Crippen LogP contribution < -0.4 is 16.6 Å². The first-order valence-corrected chi connectivity index (χ1v) is 5.26. The molecule has 2 amide bonds. The number of alkyl carbamates (subject to hydrolysis) is 1. The molecule has 18 heavy (non-hydrogen) atoms. The van der Waals surface area contributed by atoms with Crippen molar-refractivity contribution in [3.8, 4) is 0 Å². The normalized spacial score (nSPS) is 11.4. The fourth-order valence-corrected chi connectivity index (χ4v) is 1.20. The molecule has 7 heteroatoms. The van der Waals surface area contributed by atoms with E-state index in [1.807, 2.05) is 23.6 Å². The molecule has 0 spiro atoms. The number of hydrazine groups is 1. The minimum atomic E-state index is -1.13. The van der Waals surface area contributed by atoms with Crippen LogP contribution in [0.1, 0.15) is 5.56 Å². The van der Waals surface area contributed by atoms with Crippen LogP contribution in [0.25, 0.3) is 0 Å². The summed E-state index contributed by atoms with van der Waals surface area (Å²) in [6, 6.07) is 7.94. The molecule has 0 saturated carbocycles. The summed E-state index contributed by atoms with van der Waals surface area (Å²) < 4.78 is 4.87. The Balaban J connectivity index is 2.39. The van der Waals surface area contributed by atoms with Gasteiger partial charge in [-0.2, -0.15) is 0 Å². The standard InChI is InChI=1S/C11H15N3O4/c12-14-10(16)9(6-15)13-11(17)18-7-8-4-2-1-3-5-8/h1-5,9,15H,6-7,12H2,(H,13,17)(H,14,16). The van der Waals surface area contributed by atoms with E-state index in [1.165, 1.54) is 0 Å². The first-order chi connectivity index (χ1) is 8.67. The van der Waals surface area contributed by atoms with Crippen LogP contribution in [0.2, 0.25) is 0 Å². The van der Waals surface area contributed by atoms with E-state index in [0.29, 0.717) is 0 Å². The summed E-state index contributed by atoms with van der Waals surface area (Å²) >= 11 is 0. The monoisotopic (exact) mass is 253 g/mol. The van der Waals surface area contributed by atoms with E-state index < -0.39 is 24.6 Å². The van der Waals surface area contributed by atoms with Crippen molar-refractivity contribution in [3.63, 3.8) is 0 Å². The molecule has 1 rings (SSSR count). The maximum absolute atomic E-state index is 11.3. The van der Waals surface area contributed by atoms with Crippen LogP contribution in [0.5, 0.6) is 0 Å². The van der Waals surface area contributed by atoms with Gasteiger partial charge in [0.05, 0.1) is 6.61 Å². The lowest BCUT2D eigenvalue weighted by Crippen LogP contribution is -2.50. The zero-order valence-corrected chi connectivity index (χ0v) is 9.63. The average Bonchev–Trinajstić information content (AvgIpc) is 2.42. The van der Waals surface area contributed by atoms with Crippen molar-refractivity contribution in [2.24, 2.45) is 5.84 Å². The molecule has 0 bridgehead atoms. The second-order valence-corrected chi connectivity index (χ2v) is 3.45. The molecule has 0 aliphatic heterocycles. The van der Waals surface area contributed by atoms with Gasteiger partial charge in [0.15, 0.2) is 0 Å². The SMILES string of the molecule is NNC(=O)C(CO)NC(=O)OCc1ccccc1. The number of benzene rings is 1. The van der Waals surface area contributed by atoms with Gasteiger partial charge in [-0.05, 0) is 5.56 Å². The lowest BCUT2D eigenvalue weighted by Gasteiger charge is -2.14. The van der Waals surface area contributed by atoms with E-state index in [-0.39, 0.29) is 6.61 Å². The molecule has 0 aromatic heterocycles. The minimum absolute atomic E-state index is 0.0784. The summed E-state index contributed by atoms with van der Waals surface area (Å²) in [5.74, 6) is 4.19. The van der Waals surface area contributed by atoms with Crippen molar-refractivity contribution in [2.75, 3.05) is 6.61 Å². The van der Waals surface area contributed by atoms with Crippen molar-refractivity contribution in [2.45, 2.75) is 12.6 Å². The lowest BCUT2D eigenvalue weighted by atomic mass is 10.2. The summed E-state index contributed by atoms with van der Waals surface area (Å²) in [4.78, 5) is 22.4. The number of carbonyl (C=O) groups is 2. The van der Waals surface area contributed by atoms with Crippen LogP contribution in [-0.2, 0) is 16.1 Å². The van der Waals surface area contributed by atoms with Crippen LogP contribution in [0, 0.1) is 0 Å². The molecule has 1 aromatic rings. The third-order valence-electron chi connectivity index (χ3n) is 2.15. The molecule has 0 aliphatic carbocycles. The number of carbonyl (C=O) groups excluding carboxylic acids is 2. The van der Waals surface area contributed by atoms with Crippen LogP contribution in [0.15, 0.2) is 30.3 Å². The van der Waals surface area contributed by atoms with Gasteiger partial charge < -0.3 is 15.2 Å². The Morgan fingerprint density at radius 1 is 1.33 bits per heavy atom. The third kappa shape index (κ3) is 4.40. The van der Waals surface area contributed by atoms with Gasteiger partial charge in [-0.15, -0.1) is 0 Å². The van der Waals surface area contributed by atoms with Gasteiger partial charge in [0.1, 0.15) is 12.6 Å². The molecule has 98 valence electrons. The van der Waals surface area contributed by atoms with E-state index >= 15 is 0 Å². The van der Waals surface area contributed by atoms with Crippen molar-refractivity contribution in [3.05, 3.63) is 35.9 Å². The van der Waals surface area contributed by atoms with E-state index in [0.717, 1.165) is 5.56 Å². The van der Waals surface area contributed by atoms with Crippen molar-refractivity contribution in [1.29, 1.82) is 0 Å². The Morgan fingerprint density at radius 3 is 2.56 bits per heavy atom. The second kappa shape index (κ2) is 7.25. The lowest BCUT2D eigenvalue weighted by molar-refractivity contribution is -0.124. The van der Waals surface area contributed by atoms with Gasteiger partial charge in [0.25, 0.3) is 5.91 Å². The third-order valence-corrected chi connectivity index (χ3v) is 2.15. The minimum Gasteiger partial charge on any atom is -0.445 e. The molecule has 0 fully saturated rings. The van der Waals surface area contributed by atoms with Crippen LogP contribution in [0.3, 0.4) is 0 Å². The van der Waals surface area contributed by atoms with E-state index in [9.17, 15) is 9.59 Å². The molecular formula is C11H15N3O4. The molecular weight excluding hydrogens is 238 g/mol. The van der Waals surface area contributed by atoms with Crippen LogP contribution >= 0.6 is 0 Å². The quantitative estimate of drug-likeness (QED) is 0.313. The molecule has 1 atom stereocenters. The van der Waals surface area contributed by atoms with Crippen LogP contribution in [-0.4, -0.2) is 29.8 Å². The van der Waals surface area contributed by atoms with Gasteiger partial charge in [-0.25, -0.2) is 10.6 Å². The Bertz CT molecular complexity index is 397. The topological polar surface area (TPSA) is 114 Å². The predicted molar refractivity (Wildman–Crippen MR) is 63.0 cm³/mol. The number of nitrogens with two attached hydrogens (primary N) is 1. The number of aliphatic hydroxyl groups excluding tert-OH is 1. The maximum Gasteiger partial charge on any atom is 0.408 e. The zero-order valence-electron chi connectivity index (χ0n) is 9.63. The Kier molecular flexibility index (Phi) is 5.62. The second-order valence-electron chi connectivity index (χ2n) is 3.45. The number of ether oxygens (including phenoxy) is 1. The maximum atomic E-state index is 11.3. The smallest absolute Gasteiger partial charge is 0.408 e. The molecule has 0 aliphatic rings. The highest BCUT2D eigenvalue weighted by molar-refractivity contribution is 5.85. The first-order valence-electron chi connectivity index (χ1n) is 5.26. The summed E-state index contributed by atoms with van der Waals surface area (Å²) in [5.41, 5.74) is 2.64. The van der Waals surface area contributed by atoms with Crippen molar-refractivity contribution < 1.29 is 19.4 Å². The van der Waals surface area contributed by atoms with Gasteiger partial charge in [0.2, 0.25) is 0 Å². The van der Waals surface area contributed by atoms with E-state index in [4.69, 9.17) is 15.7 Å². The summed E-state index contributed by atoms with van der Waals surface area (Å²) in [7, 11) is 0. The van der Waals surface area contributed by atoms with Crippen molar-refractivity contribution >= 4 is 12.0 Å². The summed E-state index contributed by atoms with van der Waals surface area (Å²) in [5, 5.41) is 11.1. The molecule has 7 nitrogen and oxygen atoms in total. The Morgan fingerprint density at radius 2 is 2.00 bits per heavy atom. The highest BCUT2D eigenvalue weighted by Gasteiger charge is 2.19. The van der Waals surface area contributed by atoms with Gasteiger partial charge in [0, 0.05) is 0 Å². The molecule has 5 N–H and O–H groups in total. The number of hydrogen-bond donors (Lipinski definition) is 4. The fourth-order valence-electron chi connectivity index (χ4n) is 1.20. The number of hydrogen-bond acceptors (Lipinski definition) is 5. The summed E-state index contributed by atoms with van der Waals surface area (Å²) in [6.45, 7) is -0.488. The Hall–Kier alpha value is -2.12. The fraction of sp³-hybridized carbons (Fsp3) is 0.273. The number of aliphatic hydroxyl groups is 1. The predicted octanol–water partition coefficient (Wildman–Crippen LogP) is -0.736. The highest BCUT2D eigenvalue weighted by Crippen LogP contribution is 2.00. The van der Waals surface area contributed by atoms with Crippen LogP contribution in [0.4, 0.5) is 4.79 Å². The van der Waals surface area contributed by atoms with Crippen molar-refractivity contribution in [1.82, 2.24) is 10.7 Å². The summed E-state index contributed by atoms with van der Waals surface area (Å²) in [6.07, 6.45) is -0.804. The number of amides is 2. The number of rotatable bonds is 5. The average molecular weight is 253 g/mol. The molecule has 0 saturated heterocycles. The van der Waals surface area contributed by atoms with Gasteiger partial charge >= 0.3 is 6.09 Å². The Labute approximate surface area is 104 Å². The molecule has 1 aromatic carbocycles.